The van der Waals surface area contributed by atoms with E-state index < -0.39 is 0 Å². The normalized spacial score (nSPS) is 21.0. The predicted molar refractivity (Wildman–Crippen MR) is 80.5 cm³/mol. The molecule has 1 aliphatic heterocycles. The Balaban J connectivity index is 1.71. The summed E-state index contributed by atoms with van der Waals surface area (Å²) >= 11 is 0. The largest absolute Gasteiger partial charge is 0.378 e. The SMILES string of the molecule is c1nc(N2CCOCC2)c2cnn(C3CCCCC3)c2n1. The number of rotatable bonds is 2. The zero-order valence-electron chi connectivity index (χ0n) is 12.2. The summed E-state index contributed by atoms with van der Waals surface area (Å²) in [6.07, 6.45) is 9.99. The molecule has 4 rings (SSSR count). The molecule has 1 saturated heterocycles. The van der Waals surface area contributed by atoms with Gasteiger partial charge in [0.25, 0.3) is 0 Å². The number of anilines is 1. The fourth-order valence-electron chi connectivity index (χ4n) is 3.47. The fraction of sp³-hybridized carbons (Fsp3) is 0.667. The Morgan fingerprint density at radius 1 is 1.05 bits per heavy atom. The molecule has 1 saturated carbocycles. The van der Waals surface area contributed by atoms with Crippen LogP contribution in [-0.4, -0.2) is 46.1 Å². The maximum Gasteiger partial charge on any atom is 0.163 e. The summed E-state index contributed by atoms with van der Waals surface area (Å²) in [4.78, 5) is 11.3. The lowest BCUT2D eigenvalue weighted by atomic mass is 9.96. The lowest BCUT2D eigenvalue weighted by Crippen LogP contribution is -2.36. The number of morpholine rings is 1. The van der Waals surface area contributed by atoms with Crippen LogP contribution in [0.25, 0.3) is 11.0 Å². The van der Waals surface area contributed by atoms with Crippen LogP contribution in [-0.2, 0) is 4.74 Å². The van der Waals surface area contributed by atoms with Gasteiger partial charge in [0, 0.05) is 13.1 Å². The summed E-state index contributed by atoms with van der Waals surface area (Å²) < 4.78 is 7.55. The molecule has 21 heavy (non-hydrogen) atoms. The highest BCUT2D eigenvalue weighted by Gasteiger charge is 2.22. The first-order valence-electron chi connectivity index (χ1n) is 7.94. The van der Waals surface area contributed by atoms with Crippen molar-refractivity contribution < 1.29 is 4.74 Å². The number of fused-ring (bicyclic) bond motifs is 1. The molecule has 6 heteroatoms. The van der Waals surface area contributed by atoms with Crippen LogP contribution in [0.5, 0.6) is 0 Å². The van der Waals surface area contributed by atoms with Gasteiger partial charge in [-0.15, -0.1) is 0 Å². The monoisotopic (exact) mass is 287 g/mol. The molecule has 1 aliphatic carbocycles. The van der Waals surface area contributed by atoms with Crippen molar-refractivity contribution in [2.45, 2.75) is 38.1 Å². The topological polar surface area (TPSA) is 56.1 Å². The predicted octanol–water partition coefficient (Wildman–Crippen LogP) is 2.17. The van der Waals surface area contributed by atoms with Gasteiger partial charge in [-0.05, 0) is 12.8 Å². The third kappa shape index (κ3) is 2.37. The van der Waals surface area contributed by atoms with Gasteiger partial charge in [-0.1, -0.05) is 19.3 Å². The van der Waals surface area contributed by atoms with Gasteiger partial charge in [-0.3, -0.25) is 0 Å². The quantitative estimate of drug-likeness (QED) is 0.847. The minimum absolute atomic E-state index is 0.503. The first-order valence-corrected chi connectivity index (χ1v) is 7.94. The van der Waals surface area contributed by atoms with Crippen molar-refractivity contribution in [2.75, 3.05) is 31.2 Å². The number of hydrogen-bond acceptors (Lipinski definition) is 5. The third-order valence-corrected chi connectivity index (χ3v) is 4.60. The Morgan fingerprint density at radius 2 is 1.86 bits per heavy atom. The molecule has 112 valence electrons. The van der Waals surface area contributed by atoms with Gasteiger partial charge in [0.15, 0.2) is 5.65 Å². The highest BCUT2D eigenvalue weighted by Crippen LogP contribution is 2.31. The summed E-state index contributed by atoms with van der Waals surface area (Å²) in [5, 5.41) is 5.70. The van der Waals surface area contributed by atoms with Crippen molar-refractivity contribution in [2.24, 2.45) is 0 Å². The highest BCUT2D eigenvalue weighted by atomic mass is 16.5. The van der Waals surface area contributed by atoms with Crippen LogP contribution < -0.4 is 4.90 Å². The molecule has 6 nitrogen and oxygen atoms in total. The molecule has 0 spiro atoms. The Hall–Kier alpha value is -1.69. The lowest BCUT2D eigenvalue weighted by Gasteiger charge is -2.28. The van der Waals surface area contributed by atoms with Gasteiger partial charge in [-0.2, -0.15) is 5.10 Å². The maximum atomic E-state index is 5.43. The summed E-state index contributed by atoms with van der Waals surface area (Å²) in [6, 6.07) is 0.503. The second-order valence-electron chi connectivity index (χ2n) is 5.91. The molecule has 0 N–H and O–H groups in total. The molecule has 0 bridgehead atoms. The molecule has 3 heterocycles. The van der Waals surface area contributed by atoms with E-state index in [1.165, 1.54) is 32.1 Å². The molecule has 0 amide bonds. The Labute approximate surface area is 124 Å². The van der Waals surface area contributed by atoms with E-state index in [-0.39, 0.29) is 0 Å². The van der Waals surface area contributed by atoms with Gasteiger partial charge >= 0.3 is 0 Å². The molecule has 0 unspecified atom stereocenters. The first kappa shape index (κ1) is 13.0. The van der Waals surface area contributed by atoms with Crippen molar-refractivity contribution >= 4 is 16.9 Å². The van der Waals surface area contributed by atoms with E-state index in [1.807, 2.05) is 6.20 Å². The average Bonchev–Trinajstić information content (AvgIpc) is 3.00. The molecule has 2 aromatic heterocycles. The van der Waals surface area contributed by atoms with Gasteiger partial charge in [0.05, 0.1) is 30.8 Å². The van der Waals surface area contributed by atoms with Crippen LogP contribution in [0, 0.1) is 0 Å². The second kappa shape index (κ2) is 5.60. The van der Waals surface area contributed by atoms with Crippen LogP contribution in [0.2, 0.25) is 0 Å². The summed E-state index contributed by atoms with van der Waals surface area (Å²) in [5.41, 5.74) is 0.985. The number of hydrogen-bond donors (Lipinski definition) is 0. The number of ether oxygens (including phenoxy) is 1. The van der Waals surface area contributed by atoms with Crippen molar-refractivity contribution in [3.8, 4) is 0 Å². The van der Waals surface area contributed by atoms with E-state index in [2.05, 4.69) is 24.6 Å². The summed E-state index contributed by atoms with van der Waals surface area (Å²) in [7, 11) is 0. The van der Waals surface area contributed by atoms with E-state index in [9.17, 15) is 0 Å². The van der Waals surface area contributed by atoms with Crippen LogP contribution in [0.15, 0.2) is 12.5 Å². The Kier molecular flexibility index (Phi) is 3.47. The minimum Gasteiger partial charge on any atom is -0.378 e. The average molecular weight is 287 g/mol. The molecule has 0 radical (unpaired) electrons. The van der Waals surface area contributed by atoms with Crippen LogP contribution in [0.1, 0.15) is 38.1 Å². The van der Waals surface area contributed by atoms with E-state index in [4.69, 9.17) is 4.74 Å². The van der Waals surface area contributed by atoms with Crippen molar-refractivity contribution in [1.29, 1.82) is 0 Å². The highest BCUT2D eigenvalue weighted by molar-refractivity contribution is 5.86. The van der Waals surface area contributed by atoms with Gasteiger partial charge in [0.1, 0.15) is 12.1 Å². The second-order valence-corrected chi connectivity index (χ2v) is 5.91. The zero-order valence-corrected chi connectivity index (χ0v) is 12.2. The smallest absolute Gasteiger partial charge is 0.163 e. The first-order chi connectivity index (χ1) is 10.4. The van der Waals surface area contributed by atoms with Gasteiger partial charge in [0.2, 0.25) is 0 Å². The van der Waals surface area contributed by atoms with Crippen molar-refractivity contribution in [3.05, 3.63) is 12.5 Å². The number of aromatic nitrogens is 4. The Bertz CT molecular complexity index is 614. The van der Waals surface area contributed by atoms with Crippen LogP contribution >= 0.6 is 0 Å². The molecular formula is C15H21N5O. The van der Waals surface area contributed by atoms with Gasteiger partial charge < -0.3 is 9.64 Å². The molecule has 0 aromatic carbocycles. The minimum atomic E-state index is 0.503. The molecule has 2 aromatic rings. The van der Waals surface area contributed by atoms with Crippen molar-refractivity contribution in [1.82, 2.24) is 19.7 Å². The lowest BCUT2D eigenvalue weighted by molar-refractivity contribution is 0.122. The Morgan fingerprint density at radius 3 is 2.67 bits per heavy atom. The van der Waals surface area contributed by atoms with E-state index in [0.717, 1.165) is 43.2 Å². The molecule has 2 aliphatic rings. The van der Waals surface area contributed by atoms with Crippen LogP contribution in [0.4, 0.5) is 5.82 Å². The molecule has 2 fully saturated rings. The third-order valence-electron chi connectivity index (χ3n) is 4.60. The molecular weight excluding hydrogens is 266 g/mol. The van der Waals surface area contributed by atoms with E-state index >= 15 is 0 Å². The van der Waals surface area contributed by atoms with Gasteiger partial charge in [-0.25, -0.2) is 14.6 Å². The standard InChI is InChI=1S/C15H21N5O/c1-2-4-12(5-3-1)20-15-13(10-18-20)14(16-11-17-15)19-6-8-21-9-7-19/h10-12H,1-9H2. The molecule has 0 atom stereocenters. The van der Waals surface area contributed by atoms with E-state index in [0.29, 0.717) is 6.04 Å². The summed E-state index contributed by atoms with van der Waals surface area (Å²) in [6.45, 7) is 3.31. The number of nitrogens with zero attached hydrogens (tertiary/aromatic N) is 5. The van der Waals surface area contributed by atoms with E-state index in [1.54, 1.807) is 6.33 Å². The zero-order chi connectivity index (χ0) is 14.1. The van der Waals surface area contributed by atoms with Crippen molar-refractivity contribution in [3.63, 3.8) is 0 Å². The van der Waals surface area contributed by atoms with Crippen LogP contribution in [0.3, 0.4) is 0 Å². The fourth-order valence-corrected chi connectivity index (χ4v) is 3.47. The maximum absolute atomic E-state index is 5.43. The summed E-state index contributed by atoms with van der Waals surface area (Å²) in [5.74, 6) is 1.00.